The van der Waals surface area contributed by atoms with E-state index in [0.29, 0.717) is 20.9 Å². The van der Waals surface area contributed by atoms with Crippen molar-refractivity contribution in [3.63, 3.8) is 0 Å². The number of aryl methyl sites for hydroxylation is 1. The quantitative estimate of drug-likeness (QED) is 0.524. The van der Waals surface area contributed by atoms with E-state index in [1.54, 1.807) is 12.1 Å². The lowest BCUT2D eigenvalue weighted by molar-refractivity contribution is 0.102. The molecule has 4 aromatic rings. The van der Waals surface area contributed by atoms with Gasteiger partial charge in [-0.2, -0.15) is 0 Å². The number of benzene rings is 2. The SMILES string of the molecule is CCc1nc2ccccc2c(C(=O)Nc2nc3ccc(S(C)(=O)=O)cc3s2)c1C. The van der Waals surface area contributed by atoms with Gasteiger partial charge in [0, 0.05) is 17.3 Å². The molecule has 0 aliphatic heterocycles. The summed E-state index contributed by atoms with van der Waals surface area (Å²) < 4.78 is 24.3. The maximum absolute atomic E-state index is 13.2. The van der Waals surface area contributed by atoms with Gasteiger partial charge in [-0.3, -0.25) is 15.1 Å². The molecule has 0 bridgehead atoms. The Morgan fingerprint density at radius 1 is 1.10 bits per heavy atom. The highest BCUT2D eigenvalue weighted by Gasteiger charge is 2.19. The Labute approximate surface area is 172 Å². The van der Waals surface area contributed by atoms with E-state index in [1.165, 1.54) is 23.7 Å². The summed E-state index contributed by atoms with van der Waals surface area (Å²) in [5.41, 5.74) is 3.74. The fraction of sp³-hybridized carbons (Fsp3) is 0.190. The summed E-state index contributed by atoms with van der Waals surface area (Å²) >= 11 is 1.25. The molecule has 4 rings (SSSR count). The molecule has 1 amide bonds. The maximum atomic E-state index is 13.2. The second kappa shape index (κ2) is 7.20. The first-order valence-corrected chi connectivity index (χ1v) is 11.8. The van der Waals surface area contributed by atoms with Crippen LogP contribution >= 0.6 is 11.3 Å². The van der Waals surface area contributed by atoms with Gasteiger partial charge in [-0.1, -0.05) is 36.5 Å². The van der Waals surface area contributed by atoms with Gasteiger partial charge >= 0.3 is 0 Å². The Hall–Kier alpha value is -2.84. The van der Waals surface area contributed by atoms with Crippen molar-refractivity contribution >= 4 is 53.3 Å². The van der Waals surface area contributed by atoms with Gasteiger partial charge in [-0.05, 0) is 43.2 Å². The largest absolute Gasteiger partial charge is 0.298 e. The van der Waals surface area contributed by atoms with Crippen LogP contribution in [-0.2, 0) is 16.3 Å². The third kappa shape index (κ3) is 3.61. The van der Waals surface area contributed by atoms with Gasteiger partial charge in [0.15, 0.2) is 15.0 Å². The van der Waals surface area contributed by atoms with Crippen molar-refractivity contribution in [3.8, 4) is 0 Å². The first kappa shape index (κ1) is 19.5. The molecule has 0 spiro atoms. The van der Waals surface area contributed by atoms with Crippen LogP contribution in [0.2, 0.25) is 0 Å². The average molecular weight is 426 g/mol. The number of para-hydroxylation sites is 1. The molecule has 1 N–H and O–H groups in total. The van der Waals surface area contributed by atoms with Crippen molar-refractivity contribution < 1.29 is 13.2 Å². The molecule has 2 aromatic heterocycles. The van der Waals surface area contributed by atoms with Crippen molar-refractivity contribution in [1.82, 2.24) is 9.97 Å². The van der Waals surface area contributed by atoms with Crippen LogP contribution in [0.15, 0.2) is 47.4 Å². The van der Waals surface area contributed by atoms with Crippen LogP contribution in [0.1, 0.15) is 28.5 Å². The predicted molar refractivity (Wildman–Crippen MR) is 117 cm³/mol. The predicted octanol–water partition coefficient (Wildman–Crippen LogP) is 4.37. The van der Waals surface area contributed by atoms with Gasteiger partial charge in [0.05, 0.1) is 26.2 Å². The molecular weight excluding hydrogens is 406 g/mol. The Balaban J connectivity index is 1.76. The molecule has 2 aromatic carbocycles. The molecule has 2 heterocycles. The number of pyridine rings is 1. The molecule has 0 radical (unpaired) electrons. The molecule has 0 aliphatic rings. The first-order chi connectivity index (χ1) is 13.8. The number of thiazole rings is 1. The summed E-state index contributed by atoms with van der Waals surface area (Å²) in [5.74, 6) is -0.252. The second-order valence-electron chi connectivity index (χ2n) is 6.80. The zero-order chi connectivity index (χ0) is 20.8. The van der Waals surface area contributed by atoms with E-state index in [2.05, 4.69) is 15.3 Å². The normalized spacial score (nSPS) is 11.8. The monoisotopic (exact) mass is 425 g/mol. The van der Waals surface area contributed by atoms with E-state index < -0.39 is 9.84 Å². The van der Waals surface area contributed by atoms with Crippen molar-refractivity contribution in [2.45, 2.75) is 25.2 Å². The van der Waals surface area contributed by atoms with Gasteiger partial charge in [0.25, 0.3) is 5.91 Å². The Bertz CT molecular complexity index is 1370. The minimum atomic E-state index is -3.30. The number of amides is 1. The minimum Gasteiger partial charge on any atom is -0.298 e. The van der Waals surface area contributed by atoms with E-state index in [1.807, 2.05) is 38.1 Å². The van der Waals surface area contributed by atoms with Crippen LogP contribution < -0.4 is 5.32 Å². The maximum Gasteiger partial charge on any atom is 0.258 e. The lowest BCUT2D eigenvalue weighted by Crippen LogP contribution is -2.15. The number of hydrogen-bond donors (Lipinski definition) is 1. The number of anilines is 1. The number of nitrogens with one attached hydrogen (secondary N) is 1. The number of carbonyl (C=O) groups excluding carboxylic acids is 1. The highest BCUT2D eigenvalue weighted by molar-refractivity contribution is 7.90. The van der Waals surface area contributed by atoms with Gasteiger partial charge in [0.1, 0.15) is 0 Å². The molecular formula is C21H19N3O3S2. The van der Waals surface area contributed by atoms with Crippen molar-refractivity contribution in [2.75, 3.05) is 11.6 Å². The van der Waals surface area contributed by atoms with E-state index in [-0.39, 0.29) is 10.8 Å². The van der Waals surface area contributed by atoms with Gasteiger partial charge in [-0.15, -0.1) is 0 Å². The van der Waals surface area contributed by atoms with Crippen molar-refractivity contribution in [3.05, 3.63) is 59.3 Å². The summed E-state index contributed by atoms with van der Waals surface area (Å²) in [6.45, 7) is 3.92. The van der Waals surface area contributed by atoms with Crippen LogP contribution in [0.4, 0.5) is 5.13 Å². The zero-order valence-corrected chi connectivity index (χ0v) is 17.8. The summed E-state index contributed by atoms with van der Waals surface area (Å²) in [5, 5.41) is 4.10. The van der Waals surface area contributed by atoms with Crippen molar-refractivity contribution in [2.24, 2.45) is 0 Å². The number of carbonyl (C=O) groups is 1. The first-order valence-electron chi connectivity index (χ1n) is 9.08. The fourth-order valence-corrected chi connectivity index (χ4v) is 4.97. The van der Waals surface area contributed by atoms with Gasteiger partial charge < -0.3 is 0 Å². The molecule has 0 unspecified atom stereocenters. The van der Waals surface area contributed by atoms with E-state index in [9.17, 15) is 13.2 Å². The molecule has 0 saturated carbocycles. The third-order valence-corrected chi connectivity index (χ3v) is 6.85. The summed E-state index contributed by atoms with van der Waals surface area (Å²) in [7, 11) is -3.30. The highest BCUT2D eigenvalue weighted by Crippen LogP contribution is 2.30. The van der Waals surface area contributed by atoms with E-state index in [4.69, 9.17) is 0 Å². The van der Waals surface area contributed by atoms with Crippen molar-refractivity contribution in [1.29, 1.82) is 0 Å². The summed E-state index contributed by atoms with van der Waals surface area (Å²) in [6.07, 6.45) is 1.90. The van der Waals surface area contributed by atoms with Gasteiger partial charge in [-0.25, -0.2) is 13.4 Å². The minimum absolute atomic E-state index is 0.232. The summed E-state index contributed by atoms with van der Waals surface area (Å²) in [6, 6.07) is 12.3. The molecule has 0 atom stereocenters. The summed E-state index contributed by atoms with van der Waals surface area (Å²) in [4.78, 5) is 22.5. The Morgan fingerprint density at radius 2 is 1.86 bits per heavy atom. The molecule has 6 nitrogen and oxygen atoms in total. The number of aromatic nitrogens is 2. The molecule has 0 saturated heterocycles. The number of hydrogen-bond acceptors (Lipinski definition) is 6. The Kier molecular flexibility index (Phi) is 4.84. The molecule has 8 heteroatoms. The van der Waals surface area contributed by atoms with E-state index >= 15 is 0 Å². The number of rotatable bonds is 4. The van der Waals surface area contributed by atoms with Crippen LogP contribution in [0.3, 0.4) is 0 Å². The van der Waals surface area contributed by atoms with Crippen LogP contribution in [-0.4, -0.2) is 30.5 Å². The standard InChI is InChI=1S/C21H19N3O3S2/c1-4-15-12(2)19(14-7-5-6-8-16(14)22-15)20(25)24-21-23-17-10-9-13(29(3,26)27)11-18(17)28-21/h5-11H,4H2,1-3H3,(H,23,24,25). The number of sulfone groups is 1. The Morgan fingerprint density at radius 3 is 2.59 bits per heavy atom. The highest BCUT2D eigenvalue weighted by atomic mass is 32.2. The number of fused-ring (bicyclic) bond motifs is 2. The lowest BCUT2D eigenvalue weighted by atomic mass is 9.99. The molecule has 0 fully saturated rings. The topological polar surface area (TPSA) is 89.0 Å². The fourth-order valence-electron chi connectivity index (χ4n) is 3.34. The number of nitrogens with zero attached hydrogens (tertiary/aromatic N) is 2. The zero-order valence-electron chi connectivity index (χ0n) is 16.2. The van der Waals surface area contributed by atoms with Gasteiger partial charge in [0.2, 0.25) is 0 Å². The third-order valence-electron chi connectivity index (χ3n) is 4.81. The smallest absolute Gasteiger partial charge is 0.258 e. The van der Waals surface area contributed by atoms with Crippen LogP contribution in [0.5, 0.6) is 0 Å². The van der Waals surface area contributed by atoms with Crippen LogP contribution in [0, 0.1) is 6.92 Å². The van der Waals surface area contributed by atoms with Crippen LogP contribution in [0.25, 0.3) is 21.1 Å². The lowest BCUT2D eigenvalue weighted by Gasteiger charge is -2.12. The molecule has 29 heavy (non-hydrogen) atoms. The average Bonchev–Trinajstić information content (AvgIpc) is 3.08. The van der Waals surface area contributed by atoms with E-state index in [0.717, 1.165) is 28.6 Å². The molecule has 0 aliphatic carbocycles. The molecule has 148 valence electrons. The second-order valence-corrected chi connectivity index (χ2v) is 9.85.